The Balaban J connectivity index is 1.86. The van der Waals surface area contributed by atoms with Gasteiger partial charge in [0, 0.05) is 23.0 Å². The molecule has 0 spiro atoms. The molecule has 5 nitrogen and oxygen atoms in total. The Kier molecular flexibility index (Phi) is 2.00. The van der Waals surface area contributed by atoms with E-state index >= 15 is 0 Å². The molecule has 0 aliphatic carbocycles. The van der Waals surface area contributed by atoms with Crippen molar-refractivity contribution in [3.05, 3.63) is 29.8 Å². The number of anilines is 1. The van der Waals surface area contributed by atoms with Crippen LogP contribution in [-0.2, 0) is 6.42 Å². The third-order valence-corrected chi connectivity index (χ3v) is 4.84. The van der Waals surface area contributed by atoms with Crippen LogP contribution in [0, 0.1) is 0 Å². The zero-order valence-corrected chi connectivity index (χ0v) is 12.3. The van der Waals surface area contributed by atoms with Gasteiger partial charge in [-0.2, -0.15) is 0 Å². The average molecular weight is 307 g/mol. The Labute approximate surface area is 131 Å². The van der Waals surface area contributed by atoms with Crippen molar-refractivity contribution in [2.24, 2.45) is 0 Å². The highest BCUT2D eigenvalue weighted by molar-refractivity contribution is 6.18. The lowest BCUT2D eigenvalue weighted by Gasteiger charge is -2.21. The topological polar surface area (TPSA) is 49.0 Å². The zero-order chi connectivity index (χ0) is 15.0. The Hall–Kier alpha value is -2.82. The first-order valence-corrected chi connectivity index (χ1v) is 7.74. The van der Waals surface area contributed by atoms with Crippen molar-refractivity contribution >= 4 is 27.2 Å². The van der Waals surface area contributed by atoms with E-state index in [1.807, 2.05) is 6.07 Å². The largest absolute Gasteiger partial charge is 0.454 e. The number of ether oxygens (including phenoxy) is 4. The van der Waals surface area contributed by atoms with E-state index in [4.69, 9.17) is 18.9 Å². The molecule has 5 heteroatoms. The lowest BCUT2D eigenvalue weighted by Crippen LogP contribution is -2.11. The van der Waals surface area contributed by atoms with Gasteiger partial charge in [-0.15, -0.1) is 0 Å². The van der Waals surface area contributed by atoms with E-state index in [1.54, 1.807) is 0 Å². The Bertz CT molecular complexity index is 1010. The summed E-state index contributed by atoms with van der Waals surface area (Å²) in [6.45, 7) is 1.48. The van der Waals surface area contributed by atoms with Crippen molar-refractivity contribution in [3.63, 3.8) is 0 Å². The van der Waals surface area contributed by atoms with Gasteiger partial charge in [-0.1, -0.05) is 0 Å². The number of benzene rings is 3. The third-order valence-electron chi connectivity index (χ3n) is 4.84. The van der Waals surface area contributed by atoms with Crippen LogP contribution in [0.4, 0.5) is 5.69 Å². The third kappa shape index (κ3) is 1.42. The molecule has 114 valence electrons. The Morgan fingerprint density at radius 3 is 2.57 bits per heavy atom. The van der Waals surface area contributed by atoms with Crippen molar-refractivity contribution in [1.29, 1.82) is 0 Å². The van der Waals surface area contributed by atoms with E-state index in [2.05, 4.69) is 23.5 Å². The Morgan fingerprint density at radius 1 is 0.783 bits per heavy atom. The fourth-order valence-electron chi connectivity index (χ4n) is 3.85. The monoisotopic (exact) mass is 307 g/mol. The predicted molar refractivity (Wildman–Crippen MR) is 85.9 cm³/mol. The molecule has 0 atom stereocenters. The van der Waals surface area contributed by atoms with Crippen LogP contribution in [0.25, 0.3) is 21.5 Å². The summed E-state index contributed by atoms with van der Waals surface area (Å²) in [6, 6.07) is 8.40. The number of hydrogen-bond donors (Lipinski definition) is 1. The van der Waals surface area contributed by atoms with Gasteiger partial charge in [-0.25, -0.2) is 0 Å². The van der Waals surface area contributed by atoms with E-state index in [1.165, 1.54) is 10.9 Å². The van der Waals surface area contributed by atoms with Crippen molar-refractivity contribution < 1.29 is 18.9 Å². The minimum atomic E-state index is 0.275. The lowest BCUT2D eigenvalue weighted by molar-refractivity contribution is 0.174. The van der Waals surface area contributed by atoms with Crippen LogP contribution in [-0.4, -0.2) is 20.1 Å². The quantitative estimate of drug-likeness (QED) is 0.645. The second-order valence-electron chi connectivity index (χ2n) is 6.05. The van der Waals surface area contributed by atoms with Crippen LogP contribution in [0.2, 0.25) is 0 Å². The molecule has 3 aromatic carbocycles. The maximum Gasteiger partial charge on any atom is 0.231 e. The molecular formula is C18H13NO4. The van der Waals surface area contributed by atoms with Crippen LogP contribution in [0.1, 0.15) is 5.56 Å². The van der Waals surface area contributed by atoms with E-state index in [-0.39, 0.29) is 13.6 Å². The zero-order valence-electron chi connectivity index (χ0n) is 12.3. The fourth-order valence-corrected chi connectivity index (χ4v) is 3.85. The minimum absolute atomic E-state index is 0.275. The van der Waals surface area contributed by atoms with E-state index in [0.717, 1.165) is 57.8 Å². The van der Waals surface area contributed by atoms with Crippen LogP contribution in [0.3, 0.4) is 0 Å². The van der Waals surface area contributed by atoms with Gasteiger partial charge in [0.25, 0.3) is 0 Å². The van der Waals surface area contributed by atoms with Gasteiger partial charge in [0.05, 0.1) is 0 Å². The van der Waals surface area contributed by atoms with Crippen molar-refractivity contribution in [2.45, 2.75) is 6.42 Å². The van der Waals surface area contributed by atoms with Crippen LogP contribution < -0.4 is 24.3 Å². The summed E-state index contributed by atoms with van der Waals surface area (Å²) in [5.41, 5.74) is 2.45. The summed E-state index contributed by atoms with van der Waals surface area (Å²) in [5, 5.41) is 8.07. The molecule has 23 heavy (non-hydrogen) atoms. The van der Waals surface area contributed by atoms with Gasteiger partial charge in [-0.05, 0) is 47.0 Å². The van der Waals surface area contributed by atoms with E-state index in [9.17, 15) is 0 Å². The molecule has 3 aliphatic rings. The first-order valence-electron chi connectivity index (χ1n) is 7.74. The molecule has 0 aromatic heterocycles. The molecule has 0 saturated heterocycles. The van der Waals surface area contributed by atoms with Crippen molar-refractivity contribution in [3.8, 4) is 23.0 Å². The summed E-state index contributed by atoms with van der Waals surface area (Å²) in [6.07, 6.45) is 0.982. The predicted octanol–water partition coefficient (Wildman–Crippen LogP) is 3.42. The summed E-state index contributed by atoms with van der Waals surface area (Å²) in [5.74, 6) is 3.25. The van der Waals surface area contributed by atoms with Gasteiger partial charge in [0.1, 0.15) is 0 Å². The van der Waals surface area contributed by atoms with E-state index in [0.29, 0.717) is 0 Å². The molecule has 0 saturated carbocycles. The van der Waals surface area contributed by atoms with Gasteiger partial charge < -0.3 is 24.3 Å². The van der Waals surface area contributed by atoms with Crippen LogP contribution in [0.5, 0.6) is 23.0 Å². The van der Waals surface area contributed by atoms with Crippen molar-refractivity contribution in [1.82, 2.24) is 0 Å². The van der Waals surface area contributed by atoms with E-state index < -0.39 is 0 Å². The molecule has 3 aromatic rings. The summed E-state index contributed by atoms with van der Waals surface area (Å²) >= 11 is 0. The molecular weight excluding hydrogens is 294 g/mol. The standard InChI is InChI=1S/C18H13NO4/c1-2-19-12-3-10-5-13-14(21-7-20-13)6-11(10)17-16(12)9(1)4-15-18(17)23-8-22-15/h3-6,19H,1-2,7-8H2. The van der Waals surface area contributed by atoms with Crippen molar-refractivity contribution in [2.75, 3.05) is 25.4 Å². The number of nitrogens with one attached hydrogen (secondary N) is 1. The van der Waals surface area contributed by atoms with Gasteiger partial charge in [0.2, 0.25) is 13.6 Å². The highest BCUT2D eigenvalue weighted by atomic mass is 16.7. The van der Waals surface area contributed by atoms with Crippen LogP contribution >= 0.6 is 0 Å². The smallest absolute Gasteiger partial charge is 0.231 e. The summed E-state index contributed by atoms with van der Waals surface area (Å²) < 4.78 is 22.5. The first kappa shape index (κ1) is 11.7. The van der Waals surface area contributed by atoms with Gasteiger partial charge >= 0.3 is 0 Å². The fraction of sp³-hybridized carbons (Fsp3) is 0.222. The minimum Gasteiger partial charge on any atom is -0.454 e. The summed E-state index contributed by atoms with van der Waals surface area (Å²) in [4.78, 5) is 0. The second kappa shape index (κ2) is 3.93. The maximum atomic E-state index is 5.80. The summed E-state index contributed by atoms with van der Waals surface area (Å²) in [7, 11) is 0. The molecule has 6 rings (SSSR count). The molecule has 0 bridgehead atoms. The lowest BCUT2D eigenvalue weighted by atomic mass is 9.92. The SMILES string of the molecule is c1c2c(c3c4c1CCNc4cc1cc4c(cc13)OCO4)OCO2. The molecule has 3 aliphatic heterocycles. The highest BCUT2D eigenvalue weighted by Gasteiger charge is 2.26. The molecule has 0 radical (unpaired) electrons. The molecule has 0 fully saturated rings. The average Bonchev–Trinajstić information content (AvgIpc) is 3.20. The Morgan fingerprint density at radius 2 is 1.61 bits per heavy atom. The number of rotatable bonds is 0. The number of hydrogen-bond acceptors (Lipinski definition) is 5. The molecule has 0 amide bonds. The second-order valence-corrected chi connectivity index (χ2v) is 6.05. The maximum absolute atomic E-state index is 5.80. The van der Waals surface area contributed by atoms with Gasteiger partial charge in [0.15, 0.2) is 23.0 Å². The van der Waals surface area contributed by atoms with Crippen LogP contribution in [0.15, 0.2) is 24.3 Å². The van der Waals surface area contributed by atoms with Gasteiger partial charge in [-0.3, -0.25) is 0 Å². The highest BCUT2D eigenvalue weighted by Crippen LogP contribution is 2.50. The number of fused-ring (bicyclic) bond motifs is 5. The molecule has 0 unspecified atom stereocenters. The first-order chi connectivity index (χ1) is 11.4. The normalized spacial score (nSPS) is 16.9. The molecule has 1 N–H and O–H groups in total. The molecule has 3 heterocycles.